The number of quaternary nitrogens is 1. The van der Waals surface area contributed by atoms with Gasteiger partial charge >= 0.3 is 0 Å². The van der Waals surface area contributed by atoms with E-state index in [1.165, 1.54) is 0 Å². The van der Waals surface area contributed by atoms with Crippen LogP contribution in [0.2, 0.25) is 0 Å². The van der Waals surface area contributed by atoms with E-state index in [1.807, 2.05) is 13.0 Å². The van der Waals surface area contributed by atoms with Crippen molar-refractivity contribution in [2.75, 3.05) is 27.2 Å². The second kappa shape index (κ2) is 4.52. The molecule has 2 nitrogen and oxygen atoms in total. The largest absolute Gasteiger partial charge is 0.330 e. The Hall–Kier alpha value is -0.340. The van der Waals surface area contributed by atoms with E-state index in [2.05, 4.69) is 27.6 Å². The van der Waals surface area contributed by atoms with Gasteiger partial charge in [0.2, 0.25) is 0 Å². The van der Waals surface area contributed by atoms with Gasteiger partial charge in [0.25, 0.3) is 0 Å². The van der Waals surface area contributed by atoms with Crippen molar-refractivity contribution < 1.29 is 9.22 Å². The predicted octanol–water partition coefficient (Wildman–Crippen LogP) is 1.63. The summed E-state index contributed by atoms with van der Waals surface area (Å²) in [6, 6.07) is 0. The molecular formula is C9H20NO+. The van der Waals surface area contributed by atoms with Crippen molar-refractivity contribution in [3.05, 3.63) is 12.7 Å². The fourth-order valence-electron chi connectivity index (χ4n) is 0.924. The summed E-state index contributed by atoms with van der Waals surface area (Å²) in [5, 5.41) is 0. The topological polar surface area (TPSA) is 9.23 Å². The average Bonchev–Trinajstić information content (AvgIpc) is 1.88. The maximum absolute atomic E-state index is 5.48. The lowest BCUT2D eigenvalue weighted by atomic mass is 10.4. The van der Waals surface area contributed by atoms with Gasteiger partial charge in [0.1, 0.15) is 0 Å². The maximum atomic E-state index is 5.48. The Labute approximate surface area is 70.1 Å². The monoisotopic (exact) mass is 158 g/mol. The molecule has 0 radical (unpaired) electrons. The third-order valence-electron chi connectivity index (χ3n) is 1.99. The van der Waals surface area contributed by atoms with E-state index in [9.17, 15) is 0 Å². The zero-order valence-electron chi connectivity index (χ0n) is 8.13. The van der Waals surface area contributed by atoms with Gasteiger partial charge in [0.05, 0.1) is 27.2 Å². The van der Waals surface area contributed by atoms with Gasteiger partial charge in [-0.25, -0.2) is 0 Å². The van der Waals surface area contributed by atoms with Crippen LogP contribution < -0.4 is 0 Å². The molecule has 0 bridgehead atoms. The average molecular weight is 158 g/mol. The Bertz CT molecular complexity index is 121. The number of likely N-dealkylation sites (N-methyl/N-ethyl adjacent to an activating group) is 1. The molecule has 0 aromatic heterocycles. The highest BCUT2D eigenvalue weighted by atomic mass is 16.5. The van der Waals surface area contributed by atoms with Gasteiger partial charge in [-0.3, -0.25) is 0 Å². The van der Waals surface area contributed by atoms with Crippen LogP contribution >= 0.6 is 0 Å². The molecule has 1 atom stereocenters. The molecule has 0 N–H and O–H groups in total. The molecular weight excluding hydrogens is 138 g/mol. The van der Waals surface area contributed by atoms with Crippen LogP contribution in [-0.2, 0) is 4.74 Å². The number of hydrogen-bond donors (Lipinski definition) is 0. The van der Waals surface area contributed by atoms with Crippen molar-refractivity contribution in [3.63, 3.8) is 0 Å². The molecule has 11 heavy (non-hydrogen) atoms. The standard InChI is InChI=1S/C9H20NO/c1-6-8-10(4,5)9(3)11-7-2/h6,9H,1,7-8H2,2-5H3/q+1. The summed E-state index contributed by atoms with van der Waals surface area (Å²) in [6.45, 7) is 9.55. The third-order valence-corrected chi connectivity index (χ3v) is 1.99. The van der Waals surface area contributed by atoms with Gasteiger partial charge in [0.15, 0.2) is 6.23 Å². The summed E-state index contributed by atoms with van der Waals surface area (Å²) in [5.41, 5.74) is 0. The summed E-state index contributed by atoms with van der Waals surface area (Å²) in [6.07, 6.45) is 2.17. The van der Waals surface area contributed by atoms with Gasteiger partial charge < -0.3 is 9.22 Å². The van der Waals surface area contributed by atoms with Crippen LogP contribution in [0.4, 0.5) is 0 Å². The van der Waals surface area contributed by atoms with Crippen LogP contribution in [0.5, 0.6) is 0 Å². The fourth-order valence-corrected chi connectivity index (χ4v) is 0.924. The minimum atomic E-state index is 0.248. The highest BCUT2D eigenvalue weighted by Crippen LogP contribution is 2.06. The first-order chi connectivity index (χ1) is 5.04. The highest BCUT2D eigenvalue weighted by molar-refractivity contribution is 4.64. The molecule has 0 spiro atoms. The van der Waals surface area contributed by atoms with Gasteiger partial charge in [0, 0.05) is 6.92 Å². The van der Waals surface area contributed by atoms with E-state index >= 15 is 0 Å². The van der Waals surface area contributed by atoms with Crippen LogP contribution in [0.15, 0.2) is 12.7 Å². The lowest BCUT2D eigenvalue weighted by Gasteiger charge is -2.34. The van der Waals surface area contributed by atoms with Crippen molar-refractivity contribution in [1.82, 2.24) is 0 Å². The molecule has 0 aliphatic carbocycles. The molecule has 0 aliphatic rings. The van der Waals surface area contributed by atoms with Crippen molar-refractivity contribution in [1.29, 1.82) is 0 Å². The Balaban J connectivity index is 3.93. The smallest absolute Gasteiger partial charge is 0.190 e. The van der Waals surface area contributed by atoms with E-state index in [0.29, 0.717) is 0 Å². The number of rotatable bonds is 5. The summed E-state index contributed by atoms with van der Waals surface area (Å²) >= 11 is 0. The molecule has 0 rings (SSSR count). The Morgan fingerprint density at radius 3 is 2.45 bits per heavy atom. The maximum Gasteiger partial charge on any atom is 0.190 e. The van der Waals surface area contributed by atoms with Crippen LogP contribution in [0.1, 0.15) is 13.8 Å². The normalized spacial score (nSPS) is 14.5. The minimum absolute atomic E-state index is 0.248. The van der Waals surface area contributed by atoms with Crippen LogP contribution in [-0.4, -0.2) is 38.0 Å². The van der Waals surface area contributed by atoms with E-state index in [-0.39, 0.29) is 6.23 Å². The van der Waals surface area contributed by atoms with Crippen LogP contribution in [0.3, 0.4) is 0 Å². The molecule has 2 heteroatoms. The third kappa shape index (κ3) is 3.54. The summed E-state index contributed by atoms with van der Waals surface area (Å²) < 4.78 is 6.33. The van der Waals surface area contributed by atoms with Crippen LogP contribution in [0, 0.1) is 0 Å². The Morgan fingerprint density at radius 2 is 2.09 bits per heavy atom. The van der Waals surface area contributed by atoms with E-state index in [0.717, 1.165) is 17.6 Å². The van der Waals surface area contributed by atoms with Crippen molar-refractivity contribution in [2.45, 2.75) is 20.1 Å². The minimum Gasteiger partial charge on any atom is -0.330 e. The molecule has 0 aromatic rings. The molecule has 66 valence electrons. The number of ether oxygens (including phenoxy) is 1. The quantitative estimate of drug-likeness (QED) is 0.336. The lowest BCUT2D eigenvalue weighted by molar-refractivity contribution is -0.930. The lowest BCUT2D eigenvalue weighted by Crippen LogP contribution is -2.48. The molecule has 1 unspecified atom stereocenters. The first kappa shape index (κ1) is 10.7. The predicted molar refractivity (Wildman–Crippen MR) is 48.3 cm³/mol. The number of nitrogens with zero attached hydrogens (tertiary/aromatic N) is 1. The molecule has 0 heterocycles. The van der Waals surface area contributed by atoms with Gasteiger partial charge in [-0.15, -0.1) is 0 Å². The van der Waals surface area contributed by atoms with E-state index < -0.39 is 0 Å². The second-order valence-corrected chi connectivity index (χ2v) is 3.30. The SMILES string of the molecule is C=CC[N+](C)(C)C(C)OCC. The van der Waals surface area contributed by atoms with Crippen molar-refractivity contribution in [2.24, 2.45) is 0 Å². The zero-order chi connectivity index (χ0) is 8.91. The Kier molecular flexibility index (Phi) is 4.38. The van der Waals surface area contributed by atoms with Gasteiger partial charge in [-0.2, -0.15) is 0 Å². The molecule has 0 aliphatic heterocycles. The van der Waals surface area contributed by atoms with Crippen LogP contribution in [0.25, 0.3) is 0 Å². The molecule has 0 aromatic carbocycles. The number of hydrogen-bond acceptors (Lipinski definition) is 1. The summed E-state index contributed by atoms with van der Waals surface area (Å²) in [7, 11) is 4.28. The van der Waals surface area contributed by atoms with Crippen molar-refractivity contribution >= 4 is 0 Å². The first-order valence-corrected chi connectivity index (χ1v) is 4.09. The van der Waals surface area contributed by atoms with E-state index in [4.69, 9.17) is 4.74 Å². The summed E-state index contributed by atoms with van der Waals surface area (Å²) in [5.74, 6) is 0. The van der Waals surface area contributed by atoms with Crippen molar-refractivity contribution in [3.8, 4) is 0 Å². The highest BCUT2D eigenvalue weighted by Gasteiger charge is 2.21. The Morgan fingerprint density at radius 1 is 1.55 bits per heavy atom. The molecule has 0 amide bonds. The zero-order valence-corrected chi connectivity index (χ0v) is 8.13. The molecule has 0 saturated carbocycles. The fraction of sp³-hybridized carbons (Fsp3) is 0.778. The first-order valence-electron chi connectivity index (χ1n) is 4.09. The van der Waals surface area contributed by atoms with Gasteiger partial charge in [-0.1, -0.05) is 6.58 Å². The summed E-state index contributed by atoms with van der Waals surface area (Å²) in [4.78, 5) is 0. The molecule has 0 fully saturated rings. The molecule has 0 saturated heterocycles. The van der Waals surface area contributed by atoms with E-state index in [1.54, 1.807) is 0 Å². The van der Waals surface area contributed by atoms with Gasteiger partial charge in [-0.05, 0) is 13.0 Å². The second-order valence-electron chi connectivity index (χ2n) is 3.30.